The zero-order valence-corrected chi connectivity index (χ0v) is 14.0. The molecule has 1 amide bonds. The van der Waals surface area contributed by atoms with Gasteiger partial charge in [-0.25, -0.2) is 10.3 Å². The first-order chi connectivity index (χ1) is 11.1. The Kier molecular flexibility index (Phi) is 6.91. The van der Waals surface area contributed by atoms with E-state index in [0.717, 1.165) is 5.56 Å². The Bertz CT molecular complexity index is 588. The summed E-state index contributed by atoms with van der Waals surface area (Å²) < 4.78 is 5.37. The Morgan fingerprint density at radius 3 is 2.21 bits per heavy atom. The molecule has 1 atom stereocenters. The lowest BCUT2D eigenvalue weighted by molar-refractivity contribution is -0.160. The summed E-state index contributed by atoms with van der Waals surface area (Å²) in [5, 5.41) is 17.5. The van der Waals surface area contributed by atoms with Gasteiger partial charge in [-0.2, -0.15) is 0 Å². The maximum atomic E-state index is 12.3. The molecule has 1 rings (SSSR count). The van der Waals surface area contributed by atoms with Gasteiger partial charge in [0, 0.05) is 6.42 Å². The molecule has 0 aliphatic carbocycles. The monoisotopic (exact) mass is 337 g/mol. The number of ether oxygens (including phenoxy) is 1. The molecule has 7 nitrogen and oxygen atoms in total. The van der Waals surface area contributed by atoms with Crippen LogP contribution in [0, 0.1) is 5.92 Å². The van der Waals surface area contributed by atoms with E-state index in [0.29, 0.717) is 6.42 Å². The van der Waals surface area contributed by atoms with Gasteiger partial charge < -0.3 is 9.84 Å². The number of nitrogens with one attached hydrogen (secondary N) is 1. The van der Waals surface area contributed by atoms with Crippen LogP contribution in [-0.4, -0.2) is 33.8 Å². The molecule has 0 aromatic heterocycles. The average Bonchev–Trinajstić information content (AvgIpc) is 2.49. The fourth-order valence-electron chi connectivity index (χ4n) is 2.12. The number of carboxylic acid groups (broad SMARTS) is 1. The van der Waals surface area contributed by atoms with Crippen LogP contribution in [0.15, 0.2) is 24.3 Å². The predicted molar refractivity (Wildman–Crippen MR) is 85.6 cm³/mol. The van der Waals surface area contributed by atoms with Gasteiger partial charge in [0.15, 0.2) is 0 Å². The molecule has 0 bridgehead atoms. The van der Waals surface area contributed by atoms with Gasteiger partial charge in [-0.1, -0.05) is 12.1 Å². The van der Waals surface area contributed by atoms with Crippen molar-refractivity contribution in [2.24, 2.45) is 5.92 Å². The molecule has 3 N–H and O–H groups in total. The van der Waals surface area contributed by atoms with E-state index in [1.165, 1.54) is 17.6 Å². The first-order valence-electron chi connectivity index (χ1n) is 7.60. The van der Waals surface area contributed by atoms with E-state index in [1.54, 1.807) is 32.9 Å². The van der Waals surface area contributed by atoms with Crippen LogP contribution in [0.3, 0.4) is 0 Å². The van der Waals surface area contributed by atoms with Crippen LogP contribution in [0.4, 0.5) is 0 Å². The zero-order chi connectivity index (χ0) is 18.3. The molecule has 0 spiro atoms. The minimum absolute atomic E-state index is 0.0202. The van der Waals surface area contributed by atoms with Gasteiger partial charge in [0.1, 0.15) is 5.60 Å². The quantitative estimate of drug-likeness (QED) is 0.399. The number of rotatable bonds is 7. The fourth-order valence-corrected chi connectivity index (χ4v) is 2.12. The largest absolute Gasteiger partial charge is 0.478 e. The van der Waals surface area contributed by atoms with Crippen LogP contribution in [0.2, 0.25) is 0 Å². The van der Waals surface area contributed by atoms with Crippen molar-refractivity contribution in [2.45, 2.75) is 45.6 Å². The topological polar surface area (TPSA) is 113 Å². The van der Waals surface area contributed by atoms with Gasteiger partial charge in [0.25, 0.3) is 0 Å². The van der Waals surface area contributed by atoms with Crippen LogP contribution >= 0.6 is 0 Å². The molecule has 132 valence electrons. The molecule has 24 heavy (non-hydrogen) atoms. The van der Waals surface area contributed by atoms with Crippen molar-refractivity contribution in [1.29, 1.82) is 0 Å². The van der Waals surface area contributed by atoms with Gasteiger partial charge in [-0.15, -0.1) is 0 Å². The third kappa shape index (κ3) is 6.78. The first-order valence-corrected chi connectivity index (χ1v) is 7.60. The molecular formula is C17H23NO6. The SMILES string of the molecule is CC(C)(C)OC(=O)C(CCC(=O)NO)Cc1ccc(C(=O)O)cc1. The van der Waals surface area contributed by atoms with Crippen LogP contribution in [0.5, 0.6) is 0 Å². The zero-order valence-electron chi connectivity index (χ0n) is 14.0. The Hall–Kier alpha value is -2.41. The van der Waals surface area contributed by atoms with Crippen LogP contribution < -0.4 is 5.48 Å². The summed E-state index contributed by atoms with van der Waals surface area (Å²) in [4.78, 5) is 34.4. The molecule has 1 unspecified atom stereocenters. The third-order valence-electron chi connectivity index (χ3n) is 3.27. The molecule has 0 aliphatic heterocycles. The third-order valence-corrected chi connectivity index (χ3v) is 3.27. The van der Waals surface area contributed by atoms with Gasteiger partial charge in [0.2, 0.25) is 5.91 Å². The lowest BCUT2D eigenvalue weighted by atomic mass is 9.94. The Balaban J connectivity index is 2.85. The molecular weight excluding hydrogens is 314 g/mol. The molecule has 0 radical (unpaired) electrons. The minimum Gasteiger partial charge on any atom is -0.478 e. The number of carbonyl (C=O) groups is 3. The minimum atomic E-state index is -1.02. The summed E-state index contributed by atoms with van der Waals surface area (Å²) in [6, 6.07) is 6.19. The van der Waals surface area contributed by atoms with Crippen molar-refractivity contribution < 1.29 is 29.4 Å². The smallest absolute Gasteiger partial charge is 0.335 e. The summed E-state index contributed by atoms with van der Waals surface area (Å²) in [6.45, 7) is 5.26. The van der Waals surface area contributed by atoms with Gasteiger partial charge in [0.05, 0.1) is 11.5 Å². The van der Waals surface area contributed by atoms with Crippen molar-refractivity contribution >= 4 is 17.8 Å². The Morgan fingerprint density at radius 1 is 1.17 bits per heavy atom. The lowest BCUT2D eigenvalue weighted by Crippen LogP contribution is -2.31. The van der Waals surface area contributed by atoms with Gasteiger partial charge in [-0.3, -0.25) is 14.8 Å². The van der Waals surface area contributed by atoms with E-state index in [1.807, 2.05) is 0 Å². The molecule has 7 heteroatoms. The van der Waals surface area contributed by atoms with Crippen molar-refractivity contribution in [3.63, 3.8) is 0 Å². The second kappa shape index (κ2) is 8.44. The predicted octanol–water partition coefficient (Wildman–Crippen LogP) is 2.17. The van der Waals surface area contributed by atoms with Gasteiger partial charge >= 0.3 is 11.9 Å². The highest BCUT2D eigenvalue weighted by molar-refractivity contribution is 5.87. The number of esters is 1. The average molecular weight is 337 g/mol. The van der Waals surface area contributed by atoms with E-state index < -0.39 is 29.4 Å². The molecule has 1 aromatic rings. The summed E-state index contributed by atoms with van der Waals surface area (Å²) in [5.41, 5.74) is 1.81. The Labute approximate surface area is 140 Å². The molecule has 0 aliphatic rings. The highest BCUT2D eigenvalue weighted by Crippen LogP contribution is 2.20. The van der Waals surface area contributed by atoms with E-state index in [2.05, 4.69) is 0 Å². The fraction of sp³-hybridized carbons (Fsp3) is 0.471. The number of amides is 1. The second-order valence-electron chi connectivity index (χ2n) is 6.51. The molecule has 0 saturated heterocycles. The van der Waals surface area contributed by atoms with E-state index in [9.17, 15) is 14.4 Å². The van der Waals surface area contributed by atoms with Crippen molar-refractivity contribution in [1.82, 2.24) is 5.48 Å². The van der Waals surface area contributed by atoms with Crippen LogP contribution in [-0.2, 0) is 20.7 Å². The van der Waals surface area contributed by atoms with Crippen LogP contribution in [0.1, 0.15) is 49.5 Å². The van der Waals surface area contributed by atoms with Crippen molar-refractivity contribution in [2.75, 3.05) is 0 Å². The Morgan fingerprint density at radius 2 is 1.75 bits per heavy atom. The van der Waals surface area contributed by atoms with E-state index in [4.69, 9.17) is 15.1 Å². The highest BCUT2D eigenvalue weighted by Gasteiger charge is 2.26. The van der Waals surface area contributed by atoms with Gasteiger partial charge in [-0.05, 0) is 51.3 Å². The molecule has 1 aromatic carbocycles. The second-order valence-corrected chi connectivity index (χ2v) is 6.51. The molecule has 0 fully saturated rings. The van der Waals surface area contributed by atoms with Crippen molar-refractivity contribution in [3.8, 4) is 0 Å². The van der Waals surface area contributed by atoms with Crippen LogP contribution in [0.25, 0.3) is 0 Å². The lowest BCUT2D eigenvalue weighted by Gasteiger charge is -2.24. The number of aromatic carboxylic acids is 1. The normalized spacial score (nSPS) is 12.3. The number of carbonyl (C=O) groups excluding carboxylic acids is 2. The number of hydrogen-bond donors (Lipinski definition) is 3. The van der Waals surface area contributed by atoms with Crippen molar-refractivity contribution in [3.05, 3.63) is 35.4 Å². The number of carboxylic acids is 1. The standard InChI is InChI=1S/C17H23NO6/c1-17(2,3)24-16(22)13(8-9-14(19)18-23)10-11-4-6-12(7-5-11)15(20)21/h4-7,13,23H,8-10H2,1-3H3,(H,18,19)(H,20,21). The maximum Gasteiger partial charge on any atom is 0.335 e. The summed E-state index contributed by atoms with van der Waals surface area (Å²) in [7, 11) is 0. The number of hydroxylamine groups is 1. The summed E-state index contributed by atoms with van der Waals surface area (Å²) in [5.74, 6) is -2.61. The molecule has 0 heterocycles. The number of hydrogen-bond acceptors (Lipinski definition) is 5. The van der Waals surface area contributed by atoms with E-state index in [-0.39, 0.29) is 18.4 Å². The number of benzene rings is 1. The molecule has 0 saturated carbocycles. The first kappa shape index (κ1) is 19.6. The highest BCUT2D eigenvalue weighted by atomic mass is 16.6. The van der Waals surface area contributed by atoms with E-state index >= 15 is 0 Å². The summed E-state index contributed by atoms with van der Waals surface area (Å²) in [6.07, 6.45) is 0.503. The maximum absolute atomic E-state index is 12.3. The summed E-state index contributed by atoms with van der Waals surface area (Å²) >= 11 is 0.